The van der Waals surface area contributed by atoms with Crippen molar-refractivity contribution in [2.24, 2.45) is 0 Å². The highest BCUT2D eigenvalue weighted by molar-refractivity contribution is 5.79. The molecule has 7 heteroatoms. The van der Waals surface area contributed by atoms with E-state index >= 15 is 0 Å². The van der Waals surface area contributed by atoms with Crippen LogP contribution >= 0.6 is 0 Å². The Morgan fingerprint density at radius 3 is 2.32 bits per heavy atom. The first kappa shape index (κ1) is 18.6. The molecule has 0 bridgehead atoms. The van der Waals surface area contributed by atoms with Crippen molar-refractivity contribution in [3.63, 3.8) is 0 Å². The number of alkyl halides is 3. The zero-order chi connectivity index (χ0) is 18.4. The van der Waals surface area contributed by atoms with Crippen LogP contribution in [0, 0.1) is 0 Å². The highest BCUT2D eigenvalue weighted by Crippen LogP contribution is 2.23. The Hall–Kier alpha value is -2.70. The van der Waals surface area contributed by atoms with Gasteiger partial charge in [-0.2, -0.15) is 0 Å². The third kappa shape index (κ3) is 5.70. The molecule has 0 fully saturated rings. The number of hydrogen-bond donors (Lipinski definition) is 0. The lowest BCUT2D eigenvalue weighted by molar-refractivity contribution is -0.274. The normalized spacial score (nSPS) is 11.1. The number of methoxy groups -OCH3 is 1. The molecular formula is C18H18F3NO3. The summed E-state index contributed by atoms with van der Waals surface area (Å²) in [6, 6.07) is 12.7. The zero-order valence-corrected chi connectivity index (χ0v) is 13.8. The van der Waals surface area contributed by atoms with Gasteiger partial charge in [-0.05, 0) is 23.8 Å². The molecule has 4 nitrogen and oxygen atoms in total. The van der Waals surface area contributed by atoms with Gasteiger partial charge in [0.15, 0.2) is 0 Å². The largest absolute Gasteiger partial charge is 0.573 e. The first-order valence-electron chi connectivity index (χ1n) is 7.49. The first-order valence-corrected chi connectivity index (χ1v) is 7.49. The molecule has 0 heterocycles. The van der Waals surface area contributed by atoms with Gasteiger partial charge in [-0.25, -0.2) is 0 Å². The van der Waals surface area contributed by atoms with Crippen LogP contribution in [0.15, 0.2) is 48.5 Å². The van der Waals surface area contributed by atoms with Crippen molar-refractivity contribution in [3.8, 4) is 11.5 Å². The van der Waals surface area contributed by atoms with E-state index in [1.165, 1.54) is 36.3 Å². The molecule has 0 saturated heterocycles. The van der Waals surface area contributed by atoms with Gasteiger partial charge in [0.05, 0.1) is 13.5 Å². The number of amides is 1. The quantitative estimate of drug-likeness (QED) is 0.793. The number of carbonyl (C=O) groups is 1. The summed E-state index contributed by atoms with van der Waals surface area (Å²) in [4.78, 5) is 13.8. The Morgan fingerprint density at radius 2 is 1.72 bits per heavy atom. The number of hydrogen-bond acceptors (Lipinski definition) is 3. The maximum absolute atomic E-state index is 12.3. The molecule has 0 aromatic heterocycles. The highest BCUT2D eigenvalue weighted by atomic mass is 19.4. The van der Waals surface area contributed by atoms with Gasteiger partial charge >= 0.3 is 6.36 Å². The number of benzene rings is 2. The molecule has 0 radical (unpaired) electrons. The van der Waals surface area contributed by atoms with Gasteiger partial charge in [0.25, 0.3) is 0 Å². The van der Waals surface area contributed by atoms with Gasteiger partial charge in [-0.1, -0.05) is 30.3 Å². The molecule has 0 aliphatic carbocycles. The SMILES string of the molecule is COc1ccccc1CC(=O)N(C)Cc1ccc(OC(F)(F)F)cc1. The van der Waals surface area contributed by atoms with Crippen molar-refractivity contribution in [2.75, 3.05) is 14.2 Å². The summed E-state index contributed by atoms with van der Waals surface area (Å²) in [5.74, 6) is 0.220. The van der Waals surface area contributed by atoms with E-state index in [4.69, 9.17) is 4.74 Å². The Kier molecular flexibility index (Phi) is 5.90. The summed E-state index contributed by atoms with van der Waals surface area (Å²) in [7, 11) is 3.18. The first-order chi connectivity index (χ1) is 11.8. The number of ether oxygens (including phenoxy) is 2. The summed E-state index contributed by atoms with van der Waals surface area (Å²) in [6.45, 7) is 0.278. The standard InChI is InChI=1S/C18H18F3NO3/c1-22(17(23)11-14-5-3-4-6-16(14)24-2)12-13-7-9-15(10-8-13)25-18(19,20)21/h3-10H,11-12H2,1-2H3. The molecule has 0 saturated carbocycles. The number of rotatable bonds is 6. The van der Waals surface area contributed by atoms with Crippen LogP contribution in [0.5, 0.6) is 11.5 Å². The average Bonchev–Trinajstić information content (AvgIpc) is 2.55. The molecule has 0 unspecified atom stereocenters. The van der Waals surface area contributed by atoms with E-state index in [0.717, 1.165) is 5.56 Å². The monoisotopic (exact) mass is 353 g/mol. The van der Waals surface area contributed by atoms with E-state index in [2.05, 4.69) is 4.74 Å². The second-order valence-corrected chi connectivity index (χ2v) is 5.43. The van der Waals surface area contributed by atoms with Crippen molar-refractivity contribution in [3.05, 3.63) is 59.7 Å². The van der Waals surface area contributed by atoms with Crippen LogP contribution in [-0.2, 0) is 17.8 Å². The Morgan fingerprint density at radius 1 is 1.08 bits per heavy atom. The molecule has 2 rings (SSSR count). The van der Waals surface area contributed by atoms with Crippen LogP contribution in [-0.4, -0.2) is 31.3 Å². The lowest BCUT2D eigenvalue weighted by Gasteiger charge is -2.18. The molecule has 0 aliphatic rings. The van der Waals surface area contributed by atoms with E-state index in [1.54, 1.807) is 13.1 Å². The van der Waals surface area contributed by atoms with E-state index < -0.39 is 6.36 Å². The van der Waals surface area contributed by atoms with Crippen molar-refractivity contribution in [1.82, 2.24) is 4.90 Å². The Balaban J connectivity index is 1.96. The van der Waals surface area contributed by atoms with Gasteiger partial charge in [-0.3, -0.25) is 4.79 Å². The molecule has 134 valence electrons. The number of likely N-dealkylation sites (N-methyl/N-ethyl adjacent to an activating group) is 1. The van der Waals surface area contributed by atoms with Gasteiger partial charge < -0.3 is 14.4 Å². The fraction of sp³-hybridized carbons (Fsp3) is 0.278. The van der Waals surface area contributed by atoms with E-state index in [9.17, 15) is 18.0 Å². The topological polar surface area (TPSA) is 38.8 Å². The lowest BCUT2D eigenvalue weighted by atomic mass is 10.1. The minimum atomic E-state index is -4.72. The van der Waals surface area contributed by atoms with E-state index in [0.29, 0.717) is 11.3 Å². The van der Waals surface area contributed by atoms with Gasteiger partial charge in [-0.15, -0.1) is 13.2 Å². The predicted octanol–water partition coefficient (Wildman–Crippen LogP) is 3.79. The minimum Gasteiger partial charge on any atom is -0.496 e. The fourth-order valence-corrected chi connectivity index (χ4v) is 2.31. The number of carbonyl (C=O) groups excluding carboxylic acids is 1. The predicted molar refractivity (Wildman–Crippen MR) is 86.3 cm³/mol. The number of para-hydroxylation sites is 1. The van der Waals surface area contributed by atoms with Crippen LogP contribution in [0.4, 0.5) is 13.2 Å². The maximum Gasteiger partial charge on any atom is 0.573 e. The van der Waals surface area contributed by atoms with Crippen LogP contribution in [0.3, 0.4) is 0 Å². The molecule has 0 aliphatic heterocycles. The number of halogens is 3. The molecule has 0 N–H and O–H groups in total. The third-order valence-electron chi connectivity index (χ3n) is 3.54. The maximum atomic E-state index is 12.3. The van der Waals surface area contributed by atoms with Crippen LogP contribution in [0.2, 0.25) is 0 Å². The Labute approximate surface area is 143 Å². The molecule has 2 aromatic rings. The summed E-state index contributed by atoms with van der Waals surface area (Å²) in [5, 5.41) is 0. The van der Waals surface area contributed by atoms with Crippen LogP contribution < -0.4 is 9.47 Å². The molecule has 25 heavy (non-hydrogen) atoms. The van der Waals surface area contributed by atoms with E-state index in [-0.39, 0.29) is 24.6 Å². The molecular weight excluding hydrogens is 335 g/mol. The van der Waals surface area contributed by atoms with Gasteiger partial charge in [0.2, 0.25) is 5.91 Å². The molecule has 0 atom stereocenters. The molecule has 2 aromatic carbocycles. The molecule has 1 amide bonds. The molecule has 0 spiro atoms. The van der Waals surface area contributed by atoms with Crippen molar-refractivity contribution < 1.29 is 27.4 Å². The van der Waals surface area contributed by atoms with E-state index in [1.807, 2.05) is 18.2 Å². The Bertz CT molecular complexity index is 714. The van der Waals surface area contributed by atoms with Crippen molar-refractivity contribution in [1.29, 1.82) is 0 Å². The van der Waals surface area contributed by atoms with Gasteiger partial charge in [0, 0.05) is 19.2 Å². The third-order valence-corrected chi connectivity index (χ3v) is 3.54. The minimum absolute atomic E-state index is 0.125. The summed E-state index contributed by atoms with van der Waals surface area (Å²) in [6.07, 6.45) is -4.54. The highest BCUT2D eigenvalue weighted by Gasteiger charge is 2.30. The summed E-state index contributed by atoms with van der Waals surface area (Å²) in [5.41, 5.74) is 1.47. The number of nitrogens with zero attached hydrogens (tertiary/aromatic N) is 1. The van der Waals surface area contributed by atoms with Crippen LogP contribution in [0.25, 0.3) is 0 Å². The van der Waals surface area contributed by atoms with Crippen molar-refractivity contribution >= 4 is 5.91 Å². The fourth-order valence-electron chi connectivity index (χ4n) is 2.31. The second-order valence-electron chi connectivity index (χ2n) is 5.43. The zero-order valence-electron chi connectivity index (χ0n) is 13.8. The average molecular weight is 353 g/mol. The smallest absolute Gasteiger partial charge is 0.496 e. The summed E-state index contributed by atoms with van der Waals surface area (Å²) >= 11 is 0. The van der Waals surface area contributed by atoms with Crippen molar-refractivity contribution in [2.45, 2.75) is 19.3 Å². The summed E-state index contributed by atoms with van der Waals surface area (Å²) < 4.78 is 45.5. The van der Waals surface area contributed by atoms with Gasteiger partial charge in [0.1, 0.15) is 11.5 Å². The second kappa shape index (κ2) is 7.92. The lowest BCUT2D eigenvalue weighted by Crippen LogP contribution is -2.27. The van der Waals surface area contributed by atoms with Crippen LogP contribution in [0.1, 0.15) is 11.1 Å².